The molecular weight excluding hydrogens is 396 g/mol. The standard InChI is InChI=1S/C21H20N8O2/c1-13(10-29-12-23-11-26-29)30-19-6-16(4-5-17(19)7-22)18-8-24-21(25-9-18)27-20-14(2)28-31-15(20)3/h4-6,8-9,11-13H,10H2,1-3H3,(H,24,25,27). The number of nitriles is 1. The molecule has 31 heavy (non-hydrogen) atoms. The molecule has 0 spiro atoms. The molecule has 156 valence electrons. The van der Waals surface area contributed by atoms with Crippen LogP contribution in [0.25, 0.3) is 11.1 Å². The highest BCUT2D eigenvalue weighted by Crippen LogP contribution is 2.28. The predicted molar refractivity (Wildman–Crippen MR) is 112 cm³/mol. The quantitative estimate of drug-likeness (QED) is 0.482. The van der Waals surface area contributed by atoms with Crippen LogP contribution in [0.4, 0.5) is 11.6 Å². The molecule has 1 N–H and O–H groups in total. The number of aryl methyl sites for hydroxylation is 2. The van der Waals surface area contributed by atoms with Crippen molar-refractivity contribution < 1.29 is 9.26 Å². The maximum Gasteiger partial charge on any atom is 0.227 e. The van der Waals surface area contributed by atoms with Crippen molar-refractivity contribution in [3.8, 4) is 22.9 Å². The van der Waals surface area contributed by atoms with Gasteiger partial charge in [-0.3, -0.25) is 0 Å². The zero-order chi connectivity index (χ0) is 21.8. The number of nitrogens with one attached hydrogen (secondary N) is 1. The van der Waals surface area contributed by atoms with E-state index in [1.54, 1.807) is 29.5 Å². The van der Waals surface area contributed by atoms with E-state index < -0.39 is 0 Å². The van der Waals surface area contributed by atoms with Crippen LogP contribution in [0, 0.1) is 25.2 Å². The largest absolute Gasteiger partial charge is 0.487 e. The minimum atomic E-state index is -0.207. The molecule has 1 atom stereocenters. The maximum atomic E-state index is 9.45. The number of hydrogen-bond donors (Lipinski definition) is 1. The number of hydrogen-bond acceptors (Lipinski definition) is 9. The van der Waals surface area contributed by atoms with Crippen molar-refractivity contribution in [3.05, 3.63) is 60.3 Å². The van der Waals surface area contributed by atoms with Crippen molar-refractivity contribution in [2.45, 2.75) is 33.4 Å². The fourth-order valence-electron chi connectivity index (χ4n) is 3.05. The number of nitrogens with zero attached hydrogens (tertiary/aromatic N) is 7. The van der Waals surface area contributed by atoms with Crippen molar-refractivity contribution in [2.24, 2.45) is 0 Å². The van der Waals surface area contributed by atoms with Crippen LogP contribution in [0.5, 0.6) is 5.75 Å². The molecule has 1 aromatic carbocycles. The molecule has 3 aromatic heterocycles. The lowest BCUT2D eigenvalue weighted by atomic mass is 10.1. The third-order valence-corrected chi connectivity index (χ3v) is 4.60. The Morgan fingerprint density at radius 3 is 2.68 bits per heavy atom. The molecule has 4 rings (SSSR count). The first-order valence-electron chi connectivity index (χ1n) is 9.59. The van der Waals surface area contributed by atoms with Crippen molar-refractivity contribution in [1.82, 2.24) is 29.9 Å². The van der Waals surface area contributed by atoms with Crippen LogP contribution in [0.15, 0.2) is 47.8 Å². The minimum absolute atomic E-state index is 0.207. The summed E-state index contributed by atoms with van der Waals surface area (Å²) in [5.41, 5.74) is 3.57. The Bertz CT molecular complexity index is 1190. The molecule has 0 saturated heterocycles. The Balaban J connectivity index is 1.52. The van der Waals surface area contributed by atoms with Gasteiger partial charge in [-0.2, -0.15) is 10.4 Å². The zero-order valence-corrected chi connectivity index (χ0v) is 17.3. The zero-order valence-electron chi connectivity index (χ0n) is 17.3. The lowest BCUT2D eigenvalue weighted by Gasteiger charge is -2.16. The molecular formula is C21H20N8O2. The Kier molecular flexibility index (Phi) is 5.57. The summed E-state index contributed by atoms with van der Waals surface area (Å²) in [4.78, 5) is 12.7. The van der Waals surface area contributed by atoms with Gasteiger partial charge in [0, 0.05) is 18.0 Å². The van der Waals surface area contributed by atoms with Crippen LogP contribution >= 0.6 is 0 Å². The summed E-state index contributed by atoms with van der Waals surface area (Å²) >= 11 is 0. The molecule has 0 aliphatic carbocycles. The second kappa shape index (κ2) is 8.62. The highest BCUT2D eigenvalue weighted by atomic mass is 16.5. The van der Waals surface area contributed by atoms with E-state index >= 15 is 0 Å². The number of rotatable bonds is 7. The highest BCUT2D eigenvalue weighted by Gasteiger charge is 2.13. The fraction of sp³-hybridized carbons (Fsp3) is 0.238. The molecule has 3 heterocycles. The fourth-order valence-corrected chi connectivity index (χ4v) is 3.05. The van der Waals surface area contributed by atoms with Crippen LogP contribution in [-0.2, 0) is 6.54 Å². The van der Waals surface area contributed by atoms with Gasteiger partial charge in [-0.1, -0.05) is 11.2 Å². The summed E-state index contributed by atoms with van der Waals surface area (Å²) in [5.74, 6) is 1.59. The molecule has 0 aliphatic rings. The second-order valence-corrected chi connectivity index (χ2v) is 6.99. The van der Waals surface area contributed by atoms with Gasteiger partial charge < -0.3 is 14.6 Å². The lowest BCUT2D eigenvalue weighted by molar-refractivity contribution is 0.193. The number of benzene rings is 1. The van der Waals surface area contributed by atoms with Crippen molar-refractivity contribution in [3.63, 3.8) is 0 Å². The van der Waals surface area contributed by atoms with Gasteiger partial charge in [0.2, 0.25) is 5.95 Å². The first-order valence-corrected chi connectivity index (χ1v) is 9.59. The minimum Gasteiger partial charge on any atom is -0.487 e. The van der Waals surface area contributed by atoms with E-state index in [-0.39, 0.29) is 6.10 Å². The van der Waals surface area contributed by atoms with E-state index in [0.29, 0.717) is 29.6 Å². The molecule has 0 saturated carbocycles. The molecule has 0 aliphatic heterocycles. The normalized spacial score (nSPS) is 11.7. The Morgan fingerprint density at radius 2 is 2.03 bits per heavy atom. The smallest absolute Gasteiger partial charge is 0.227 e. The van der Waals surface area contributed by atoms with E-state index in [2.05, 4.69) is 36.6 Å². The molecule has 1 unspecified atom stereocenters. The van der Waals surface area contributed by atoms with Gasteiger partial charge >= 0.3 is 0 Å². The van der Waals surface area contributed by atoms with Crippen LogP contribution < -0.4 is 10.1 Å². The first-order chi connectivity index (χ1) is 15.0. The predicted octanol–water partition coefficient (Wildman–Crippen LogP) is 3.42. The van der Waals surface area contributed by atoms with E-state index in [4.69, 9.17) is 9.26 Å². The number of ether oxygens (including phenoxy) is 1. The van der Waals surface area contributed by atoms with Crippen molar-refractivity contribution in [2.75, 3.05) is 5.32 Å². The Hall–Kier alpha value is -4.26. The van der Waals surface area contributed by atoms with Gasteiger partial charge in [-0.15, -0.1) is 0 Å². The number of anilines is 2. The van der Waals surface area contributed by atoms with Gasteiger partial charge in [0.25, 0.3) is 0 Å². The average molecular weight is 416 g/mol. The third-order valence-electron chi connectivity index (χ3n) is 4.60. The highest BCUT2D eigenvalue weighted by molar-refractivity contribution is 5.67. The van der Waals surface area contributed by atoms with Gasteiger partial charge in [0.15, 0.2) is 5.76 Å². The SMILES string of the molecule is Cc1noc(C)c1Nc1ncc(-c2ccc(C#N)c(OC(C)Cn3cncn3)c2)cn1. The lowest BCUT2D eigenvalue weighted by Crippen LogP contribution is -2.20. The monoisotopic (exact) mass is 416 g/mol. The summed E-state index contributed by atoms with van der Waals surface area (Å²) < 4.78 is 12.8. The molecule has 4 aromatic rings. The summed E-state index contributed by atoms with van der Waals surface area (Å²) in [6.45, 7) is 6.09. The summed E-state index contributed by atoms with van der Waals surface area (Å²) in [5, 5.41) is 20.6. The van der Waals surface area contributed by atoms with Crippen LogP contribution in [-0.4, -0.2) is 36.0 Å². The summed E-state index contributed by atoms with van der Waals surface area (Å²) in [6, 6.07) is 7.55. The van der Waals surface area contributed by atoms with Crippen LogP contribution in [0.2, 0.25) is 0 Å². The van der Waals surface area contributed by atoms with E-state index in [0.717, 1.165) is 22.5 Å². The summed E-state index contributed by atoms with van der Waals surface area (Å²) in [6.07, 6.45) is 6.30. The van der Waals surface area contributed by atoms with Crippen molar-refractivity contribution in [1.29, 1.82) is 5.26 Å². The molecule has 10 nitrogen and oxygen atoms in total. The summed E-state index contributed by atoms with van der Waals surface area (Å²) in [7, 11) is 0. The van der Waals surface area contributed by atoms with E-state index in [1.807, 2.05) is 32.9 Å². The van der Waals surface area contributed by atoms with Gasteiger partial charge in [-0.25, -0.2) is 19.6 Å². The van der Waals surface area contributed by atoms with Gasteiger partial charge in [0.1, 0.15) is 42.0 Å². The average Bonchev–Trinajstić information content (AvgIpc) is 3.39. The Labute approximate surface area is 178 Å². The molecule has 0 radical (unpaired) electrons. The molecule has 0 amide bonds. The van der Waals surface area contributed by atoms with Gasteiger partial charge in [0.05, 0.1) is 12.1 Å². The van der Waals surface area contributed by atoms with Crippen LogP contribution in [0.3, 0.4) is 0 Å². The van der Waals surface area contributed by atoms with Crippen molar-refractivity contribution >= 4 is 11.6 Å². The molecule has 10 heteroatoms. The first kappa shape index (κ1) is 20.0. The third kappa shape index (κ3) is 4.51. The topological polar surface area (TPSA) is 128 Å². The molecule has 0 bridgehead atoms. The number of aromatic nitrogens is 6. The van der Waals surface area contributed by atoms with E-state index in [1.165, 1.54) is 6.33 Å². The Morgan fingerprint density at radius 1 is 1.23 bits per heavy atom. The molecule has 0 fully saturated rings. The van der Waals surface area contributed by atoms with E-state index in [9.17, 15) is 5.26 Å². The second-order valence-electron chi connectivity index (χ2n) is 6.99. The van der Waals surface area contributed by atoms with Crippen LogP contribution in [0.1, 0.15) is 23.9 Å². The maximum absolute atomic E-state index is 9.45. The van der Waals surface area contributed by atoms with Gasteiger partial charge in [-0.05, 0) is 38.5 Å².